The maximum Gasteiger partial charge on any atom is 0.217 e. The normalized spacial score (nSPS) is 18.3. The third-order valence-electron chi connectivity index (χ3n) is 8.00. The fourth-order valence-electron chi connectivity index (χ4n) is 5.75. The Balaban J connectivity index is 1.36. The minimum absolute atomic E-state index is 0.0177. The van der Waals surface area contributed by atoms with E-state index in [1.807, 2.05) is 31.2 Å². The van der Waals surface area contributed by atoms with Crippen LogP contribution in [0.2, 0.25) is 0 Å². The van der Waals surface area contributed by atoms with E-state index in [1.54, 1.807) is 14.2 Å². The minimum atomic E-state index is 0.0177. The molecule has 1 aromatic heterocycles. The van der Waals surface area contributed by atoms with Gasteiger partial charge in [0.1, 0.15) is 30.0 Å². The molecule has 2 aliphatic heterocycles. The lowest BCUT2D eigenvalue weighted by Gasteiger charge is -2.34. The van der Waals surface area contributed by atoms with E-state index in [1.165, 1.54) is 18.4 Å². The first-order valence-corrected chi connectivity index (χ1v) is 15.2. The van der Waals surface area contributed by atoms with E-state index in [9.17, 15) is 0 Å². The van der Waals surface area contributed by atoms with Crippen LogP contribution in [0.3, 0.4) is 0 Å². The zero-order valence-electron chi connectivity index (χ0n) is 25.3. The maximum atomic E-state index is 6.32. The molecule has 2 atom stereocenters. The van der Waals surface area contributed by atoms with Crippen molar-refractivity contribution in [3.05, 3.63) is 71.8 Å². The number of hydrogen-bond donors (Lipinski definition) is 0. The van der Waals surface area contributed by atoms with Gasteiger partial charge in [-0.1, -0.05) is 37.1 Å². The van der Waals surface area contributed by atoms with E-state index >= 15 is 0 Å². The molecule has 3 heterocycles. The number of ether oxygens (including phenoxy) is 5. The largest absolute Gasteiger partial charge is 0.497 e. The van der Waals surface area contributed by atoms with Gasteiger partial charge < -0.3 is 33.5 Å². The summed E-state index contributed by atoms with van der Waals surface area (Å²) in [7, 11) is 3.38. The molecule has 2 saturated heterocycles. The molecule has 0 saturated carbocycles. The third-order valence-corrected chi connectivity index (χ3v) is 8.00. The lowest BCUT2D eigenvalue weighted by Crippen LogP contribution is -2.38. The van der Waals surface area contributed by atoms with Crippen molar-refractivity contribution in [2.24, 2.45) is 0 Å². The third kappa shape index (κ3) is 8.29. The van der Waals surface area contributed by atoms with Gasteiger partial charge in [0.05, 0.1) is 26.9 Å². The van der Waals surface area contributed by atoms with Gasteiger partial charge in [-0.3, -0.25) is 0 Å². The summed E-state index contributed by atoms with van der Waals surface area (Å²) >= 11 is 0. The molecule has 42 heavy (non-hydrogen) atoms. The van der Waals surface area contributed by atoms with Crippen LogP contribution in [0.5, 0.6) is 17.4 Å². The highest BCUT2D eigenvalue weighted by molar-refractivity contribution is 5.59. The smallest absolute Gasteiger partial charge is 0.217 e. The lowest BCUT2D eigenvalue weighted by molar-refractivity contribution is 0.0921. The Morgan fingerprint density at radius 3 is 2.36 bits per heavy atom. The molecule has 2 unspecified atom stereocenters. The van der Waals surface area contributed by atoms with Crippen LogP contribution in [0.25, 0.3) is 0 Å². The van der Waals surface area contributed by atoms with Gasteiger partial charge in [0.2, 0.25) is 5.88 Å². The van der Waals surface area contributed by atoms with E-state index in [2.05, 4.69) is 46.2 Å². The second-order valence-corrected chi connectivity index (χ2v) is 11.2. The van der Waals surface area contributed by atoms with Gasteiger partial charge in [0.25, 0.3) is 0 Å². The van der Waals surface area contributed by atoms with Crippen LogP contribution in [0, 0.1) is 0 Å². The van der Waals surface area contributed by atoms with Gasteiger partial charge in [-0.25, -0.2) is 0 Å². The first kappa shape index (κ1) is 30.0. The number of nitrogens with zero attached hydrogens (tertiary/aromatic N) is 3. The van der Waals surface area contributed by atoms with Gasteiger partial charge in [-0.05, 0) is 61.6 Å². The first-order valence-electron chi connectivity index (χ1n) is 15.2. The van der Waals surface area contributed by atoms with Crippen molar-refractivity contribution in [1.82, 2.24) is 4.98 Å². The highest BCUT2D eigenvalue weighted by Gasteiger charge is 2.25. The number of pyridine rings is 1. The molecule has 2 aliphatic rings. The number of aromatic nitrogens is 1. The topological polar surface area (TPSA) is 65.5 Å². The van der Waals surface area contributed by atoms with Crippen LogP contribution in [-0.2, 0) is 22.5 Å². The van der Waals surface area contributed by atoms with Crippen molar-refractivity contribution >= 4 is 11.5 Å². The Morgan fingerprint density at radius 2 is 1.62 bits per heavy atom. The summed E-state index contributed by atoms with van der Waals surface area (Å²) in [6.45, 7) is 7.22. The summed E-state index contributed by atoms with van der Waals surface area (Å²) in [5.74, 6) is 3.35. The summed E-state index contributed by atoms with van der Waals surface area (Å²) in [6, 6.07) is 21.2. The van der Waals surface area contributed by atoms with Crippen molar-refractivity contribution in [3.8, 4) is 17.4 Å². The zero-order chi connectivity index (χ0) is 29.1. The number of morpholine rings is 1. The average Bonchev–Trinajstić information content (AvgIpc) is 3.27. The highest BCUT2D eigenvalue weighted by Crippen LogP contribution is 2.32. The molecule has 226 valence electrons. The van der Waals surface area contributed by atoms with E-state index in [4.69, 9.17) is 28.7 Å². The molecule has 0 amide bonds. The number of hydrogen-bond acceptors (Lipinski definition) is 8. The van der Waals surface area contributed by atoms with Gasteiger partial charge in [0, 0.05) is 50.6 Å². The fraction of sp³-hybridized carbons (Fsp3) is 0.500. The van der Waals surface area contributed by atoms with Crippen molar-refractivity contribution in [3.63, 3.8) is 0 Å². The molecule has 2 aromatic carbocycles. The summed E-state index contributed by atoms with van der Waals surface area (Å²) in [4.78, 5) is 9.98. The number of rotatable bonds is 12. The van der Waals surface area contributed by atoms with E-state index < -0.39 is 0 Å². The Bertz CT molecular complexity index is 1230. The summed E-state index contributed by atoms with van der Waals surface area (Å²) < 4.78 is 28.5. The zero-order valence-corrected chi connectivity index (χ0v) is 25.3. The lowest BCUT2D eigenvalue weighted by atomic mass is 10.0. The fourth-order valence-corrected chi connectivity index (χ4v) is 5.75. The van der Waals surface area contributed by atoms with E-state index in [0.29, 0.717) is 25.1 Å². The Hall–Kier alpha value is -3.49. The van der Waals surface area contributed by atoms with Crippen LogP contribution in [0.4, 0.5) is 11.5 Å². The Morgan fingerprint density at radius 1 is 0.881 bits per heavy atom. The summed E-state index contributed by atoms with van der Waals surface area (Å²) in [5.41, 5.74) is 3.52. The predicted molar refractivity (Wildman–Crippen MR) is 166 cm³/mol. The monoisotopic (exact) mass is 575 g/mol. The standard InChI is InChI=1S/C34H45N3O5/c1-26(24-38-2)42-32-14-8-27(9-15-32)21-29-7-5-4-6-16-37(29)33-22-30(36-17-19-40-20-18-36)23-34(35-33)41-25-28-10-12-31(39-3)13-11-28/h8-15,22-23,26,29H,4-7,16-21,24-25H2,1-3H3. The predicted octanol–water partition coefficient (Wildman–Crippen LogP) is 5.91. The SMILES string of the molecule is COCC(C)Oc1ccc(CC2CCCCCN2c2cc(N3CCOCC3)cc(OCc3ccc(OC)cc3)n2)cc1. The molecular weight excluding hydrogens is 530 g/mol. The molecule has 3 aromatic rings. The molecule has 2 fully saturated rings. The average molecular weight is 576 g/mol. The number of methoxy groups -OCH3 is 2. The molecule has 0 bridgehead atoms. The van der Waals surface area contributed by atoms with Gasteiger partial charge in [-0.2, -0.15) is 4.98 Å². The molecule has 0 radical (unpaired) electrons. The van der Waals surface area contributed by atoms with E-state index in [0.717, 1.165) is 80.7 Å². The van der Waals surface area contributed by atoms with Gasteiger partial charge in [-0.15, -0.1) is 0 Å². The second-order valence-electron chi connectivity index (χ2n) is 11.2. The number of anilines is 2. The highest BCUT2D eigenvalue weighted by atomic mass is 16.5. The quantitative estimate of drug-likeness (QED) is 0.264. The number of benzene rings is 2. The molecule has 5 rings (SSSR count). The molecule has 0 spiro atoms. The first-order chi connectivity index (χ1) is 20.6. The van der Waals surface area contributed by atoms with Crippen molar-refractivity contribution < 1.29 is 23.7 Å². The molecular formula is C34H45N3O5. The van der Waals surface area contributed by atoms with Crippen LogP contribution < -0.4 is 24.0 Å². The summed E-state index contributed by atoms with van der Waals surface area (Å²) in [6.07, 6.45) is 5.73. The van der Waals surface area contributed by atoms with Crippen LogP contribution in [-0.4, -0.2) is 70.8 Å². The van der Waals surface area contributed by atoms with Crippen molar-refractivity contribution in [2.45, 2.75) is 57.8 Å². The molecule has 8 heteroatoms. The van der Waals surface area contributed by atoms with Crippen molar-refractivity contribution in [2.75, 3.05) is 63.5 Å². The molecule has 8 nitrogen and oxygen atoms in total. The van der Waals surface area contributed by atoms with Crippen LogP contribution >= 0.6 is 0 Å². The maximum absolute atomic E-state index is 6.32. The minimum Gasteiger partial charge on any atom is -0.497 e. The summed E-state index contributed by atoms with van der Waals surface area (Å²) in [5, 5.41) is 0. The second kappa shape index (κ2) is 15.1. The Kier molecular flexibility index (Phi) is 10.8. The Labute approximate surface area is 250 Å². The van der Waals surface area contributed by atoms with Crippen molar-refractivity contribution in [1.29, 1.82) is 0 Å². The van der Waals surface area contributed by atoms with Gasteiger partial charge >= 0.3 is 0 Å². The molecule has 0 N–H and O–H groups in total. The van der Waals surface area contributed by atoms with Crippen LogP contribution in [0.1, 0.15) is 43.7 Å². The molecule has 0 aliphatic carbocycles. The van der Waals surface area contributed by atoms with Gasteiger partial charge in [0.15, 0.2) is 0 Å². The van der Waals surface area contributed by atoms with Crippen LogP contribution in [0.15, 0.2) is 60.7 Å². The van der Waals surface area contributed by atoms with E-state index in [-0.39, 0.29) is 6.10 Å².